The summed E-state index contributed by atoms with van der Waals surface area (Å²) in [5.74, 6) is -1.20. The molecule has 7 nitrogen and oxygen atoms in total. The van der Waals surface area contributed by atoms with Crippen LogP contribution >= 0.6 is 27.3 Å². The molecule has 30 heavy (non-hydrogen) atoms. The van der Waals surface area contributed by atoms with Gasteiger partial charge in [-0.25, -0.2) is 14.8 Å². The Morgan fingerprint density at radius 3 is 2.57 bits per heavy atom. The highest BCUT2D eigenvalue weighted by Crippen LogP contribution is 2.26. The van der Waals surface area contributed by atoms with Crippen molar-refractivity contribution < 1.29 is 14.3 Å². The number of para-hydroxylation sites is 2. The van der Waals surface area contributed by atoms with Crippen LogP contribution in [-0.4, -0.2) is 32.9 Å². The lowest BCUT2D eigenvalue weighted by Crippen LogP contribution is -2.30. The first-order chi connectivity index (χ1) is 14.5. The molecule has 4 aromatic rings. The van der Waals surface area contributed by atoms with E-state index < -0.39 is 18.0 Å². The molecule has 0 saturated carbocycles. The lowest BCUT2D eigenvalue weighted by atomic mass is 10.2. The minimum absolute atomic E-state index is 0.0418. The van der Waals surface area contributed by atoms with Crippen LogP contribution in [0, 0.1) is 0 Å². The van der Waals surface area contributed by atoms with Crippen LogP contribution in [0.2, 0.25) is 0 Å². The van der Waals surface area contributed by atoms with Gasteiger partial charge in [-0.3, -0.25) is 15.1 Å². The highest BCUT2D eigenvalue weighted by molar-refractivity contribution is 9.10. The number of esters is 1. The molecule has 0 aliphatic heterocycles. The van der Waals surface area contributed by atoms with Crippen molar-refractivity contribution in [1.82, 2.24) is 15.0 Å². The van der Waals surface area contributed by atoms with Crippen molar-refractivity contribution in [3.05, 3.63) is 70.3 Å². The maximum atomic E-state index is 12.4. The monoisotopic (exact) mass is 482 g/mol. The fourth-order valence-corrected chi connectivity index (χ4v) is 3.61. The lowest BCUT2D eigenvalue weighted by molar-refractivity contribution is -0.123. The molecule has 4 rings (SSSR count). The number of ether oxygens (including phenoxy) is 1. The number of hydrogen-bond acceptors (Lipinski definition) is 7. The Balaban J connectivity index is 1.39. The number of halogens is 1. The van der Waals surface area contributed by atoms with Gasteiger partial charge in [-0.15, -0.1) is 11.3 Å². The maximum absolute atomic E-state index is 12.4. The van der Waals surface area contributed by atoms with E-state index in [-0.39, 0.29) is 5.69 Å². The minimum Gasteiger partial charge on any atom is -0.448 e. The first-order valence-corrected chi connectivity index (χ1v) is 10.6. The third kappa shape index (κ3) is 4.52. The zero-order chi connectivity index (χ0) is 21.1. The number of thiazole rings is 1. The molecule has 0 saturated heterocycles. The fourth-order valence-electron chi connectivity index (χ4n) is 2.62. The van der Waals surface area contributed by atoms with E-state index in [1.807, 2.05) is 35.7 Å². The van der Waals surface area contributed by atoms with Gasteiger partial charge in [0.15, 0.2) is 16.9 Å². The summed E-state index contributed by atoms with van der Waals surface area (Å²) in [5.41, 5.74) is 2.97. The van der Waals surface area contributed by atoms with E-state index >= 15 is 0 Å². The van der Waals surface area contributed by atoms with Gasteiger partial charge < -0.3 is 4.74 Å². The van der Waals surface area contributed by atoms with Gasteiger partial charge in [0.1, 0.15) is 0 Å². The van der Waals surface area contributed by atoms with Crippen LogP contribution in [-0.2, 0) is 9.53 Å². The Labute approximate surface area is 184 Å². The summed E-state index contributed by atoms with van der Waals surface area (Å²) >= 11 is 4.69. The Morgan fingerprint density at radius 2 is 1.80 bits per heavy atom. The van der Waals surface area contributed by atoms with Crippen molar-refractivity contribution in [3.63, 3.8) is 0 Å². The number of nitrogens with one attached hydrogen (secondary N) is 1. The Hall–Kier alpha value is -3.17. The van der Waals surface area contributed by atoms with Crippen molar-refractivity contribution in [2.45, 2.75) is 13.0 Å². The second-order valence-electron chi connectivity index (χ2n) is 6.33. The average molecular weight is 483 g/mol. The number of rotatable bonds is 5. The number of aromatic nitrogens is 3. The molecule has 2 heterocycles. The van der Waals surface area contributed by atoms with E-state index in [2.05, 4.69) is 36.2 Å². The molecule has 2 aromatic heterocycles. The summed E-state index contributed by atoms with van der Waals surface area (Å²) in [6.45, 7) is 1.49. The van der Waals surface area contributed by atoms with Gasteiger partial charge in [-0.2, -0.15) is 0 Å². The number of carbonyl (C=O) groups excluding carboxylic acids is 2. The number of benzene rings is 2. The second-order valence-corrected chi connectivity index (χ2v) is 8.10. The van der Waals surface area contributed by atoms with Gasteiger partial charge in [0.2, 0.25) is 0 Å². The van der Waals surface area contributed by atoms with Crippen molar-refractivity contribution in [1.29, 1.82) is 0 Å². The Kier molecular flexibility index (Phi) is 5.82. The van der Waals surface area contributed by atoms with Crippen LogP contribution in [0.4, 0.5) is 5.13 Å². The van der Waals surface area contributed by atoms with Gasteiger partial charge in [-0.05, 0) is 31.2 Å². The Bertz CT molecular complexity index is 1230. The summed E-state index contributed by atoms with van der Waals surface area (Å²) < 4.78 is 6.22. The molecule has 0 aliphatic carbocycles. The number of nitrogens with zero attached hydrogens (tertiary/aromatic N) is 3. The SMILES string of the molecule is CC(OC(=O)c1cnc2ccccc2n1)C(=O)Nc1nc(-c2ccc(Br)cc2)cs1. The summed E-state index contributed by atoms with van der Waals surface area (Å²) in [6, 6.07) is 14.9. The number of hydrogen-bond donors (Lipinski definition) is 1. The van der Waals surface area contributed by atoms with Crippen LogP contribution < -0.4 is 5.32 Å². The van der Waals surface area contributed by atoms with Crippen LogP contribution in [0.5, 0.6) is 0 Å². The molecule has 0 spiro atoms. The summed E-state index contributed by atoms with van der Waals surface area (Å²) in [6.07, 6.45) is 0.312. The molecule has 9 heteroatoms. The maximum Gasteiger partial charge on any atom is 0.359 e. The van der Waals surface area contributed by atoms with Crippen LogP contribution in [0.25, 0.3) is 22.3 Å². The molecule has 2 aromatic carbocycles. The molecule has 0 aliphatic rings. The summed E-state index contributed by atoms with van der Waals surface area (Å²) in [4.78, 5) is 37.6. The largest absolute Gasteiger partial charge is 0.448 e. The first kappa shape index (κ1) is 20.1. The second kappa shape index (κ2) is 8.68. The van der Waals surface area contributed by atoms with Crippen LogP contribution in [0.3, 0.4) is 0 Å². The van der Waals surface area contributed by atoms with Crippen LogP contribution in [0.1, 0.15) is 17.4 Å². The molecule has 1 N–H and O–H groups in total. The minimum atomic E-state index is -1.02. The standard InChI is InChI=1S/C21H15BrN4O3S/c1-12(29-20(28)17-10-23-15-4-2-3-5-16(15)24-17)19(27)26-21-25-18(11-30-21)13-6-8-14(22)9-7-13/h2-12H,1H3,(H,25,26,27). The van der Waals surface area contributed by atoms with Crippen molar-refractivity contribution in [3.8, 4) is 11.3 Å². The molecule has 150 valence electrons. The fraction of sp³-hybridized carbons (Fsp3) is 0.0952. The normalized spacial score (nSPS) is 11.8. The van der Waals surface area contributed by atoms with E-state index in [9.17, 15) is 9.59 Å². The number of carbonyl (C=O) groups is 2. The Morgan fingerprint density at radius 1 is 1.07 bits per heavy atom. The quantitative estimate of drug-likeness (QED) is 0.414. The predicted molar refractivity (Wildman–Crippen MR) is 118 cm³/mol. The molecular formula is C21H15BrN4O3S. The van der Waals surface area contributed by atoms with Crippen LogP contribution in [0.15, 0.2) is 64.6 Å². The summed E-state index contributed by atoms with van der Waals surface area (Å²) in [5, 5.41) is 4.95. The van der Waals surface area contributed by atoms with Crippen molar-refractivity contribution >= 4 is 55.3 Å². The molecule has 0 bridgehead atoms. The zero-order valence-electron chi connectivity index (χ0n) is 15.7. The average Bonchev–Trinajstić information content (AvgIpc) is 3.22. The number of amides is 1. The third-order valence-electron chi connectivity index (χ3n) is 4.19. The summed E-state index contributed by atoms with van der Waals surface area (Å²) in [7, 11) is 0. The zero-order valence-corrected chi connectivity index (χ0v) is 18.1. The number of anilines is 1. The van der Waals surface area contributed by atoms with Crippen molar-refractivity contribution in [2.75, 3.05) is 5.32 Å². The van der Waals surface area contributed by atoms with Gasteiger partial charge in [0, 0.05) is 15.4 Å². The van der Waals surface area contributed by atoms with E-state index in [1.54, 1.807) is 18.2 Å². The molecular weight excluding hydrogens is 468 g/mol. The van der Waals surface area contributed by atoms with Gasteiger partial charge in [0.05, 0.1) is 22.9 Å². The third-order valence-corrected chi connectivity index (χ3v) is 5.47. The molecule has 0 radical (unpaired) electrons. The van der Waals surface area contributed by atoms with E-state index in [4.69, 9.17) is 4.74 Å². The predicted octanol–water partition coefficient (Wildman–Crippen LogP) is 4.70. The van der Waals surface area contributed by atoms with E-state index in [0.717, 1.165) is 15.7 Å². The highest BCUT2D eigenvalue weighted by Gasteiger charge is 2.21. The smallest absolute Gasteiger partial charge is 0.359 e. The molecule has 1 unspecified atom stereocenters. The first-order valence-electron chi connectivity index (χ1n) is 8.95. The molecule has 1 amide bonds. The van der Waals surface area contributed by atoms with Gasteiger partial charge in [-0.1, -0.05) is 40.2 Å². The molecule has 0 fully saturated rings. The topological polar surface area (TPSA) is 94.1 Å². The van der Waals surface area contributed by atoms with Crippen molar-refractivity contribution in [2.24, 2.45) is 0 Å². The molecule has 1 atom stereocenters. The van der Waals surface area contributed by atoms with Gasteiger partial charge >= 0.3 is 5.97 Å². The van der Waals surface area contributed by atoms with Gasteiger partial charge in [0.25, 0.3) is 5.91 Å². The lowest BCUT2D eigenvalue weighted by Gasteiger charge is -2.12. The number of fused-ring (bicyclic) bond motifs is 1. The van der Waals surface area contributed by atoms with E-state index in [1.165, 1.54) is 24.5 Å². The van der Waals surface area contributed by atoms with E-state index in [0.29, 0.717) is 16.2 Å². The highest BCUT2D eigenvalue weighted by atomic mass is 79.9.